The third kappa shape index (κ3) is 3.43. The average Bonchev–Trinajstić information content (AvgIpc) is 3.14. The highest BCUT2D eigenvalue weighted by molar-refractivity contribution is 5.60. The highest BCUT2D eigenvalue weighted by atomic mass is 19.1. The van der Waals surface area contributed by atoms with Crippen LogP contribution in [0.3, 0.4) is 0 Å². The number of non-ortho nitro benzene ring substituents is 1. The number of nitro groups is 1. The molecule has 6 nitrogen and oxygen atoms in total. The summed E-state index contributed by atoms with van der Waals surface area (Å²) < 4.78 is 18.9. The zero-order chi connectivity index (χ0) is 14.8. The minimum absolute atomic E-state index is 0.307. The lowest BCUT2D eigenvalue weighted by atomic mass is 10.1. The topological polar surface area (TPSA) is 81.2 Å². The van der Waals surface area contributed by atoms with Crippen LogP contribution in [0.25, 0.3) is 11.3 Å². The molecule has 1 aromatic carbocycles. The molecule has 1 N–H and O–H groups in total. The first-order valence-corrected chi connectivity index (χ1v) is 6.75. The van der Waals surface area contributed by atoms with Gasteiger partial charge < -0.3 is 9.73 Å². The van der Waals surface area contributed by atoms with E-state index in [1.807, 2.05) is 0 Å². The van der Waals surface area contributed by atoms with Gasteiger partial charge in [0, 0.05) is 30.6 Å². The summed E-state index contributed by atoms with van der Waals surface area (Å²) in [6.45, 7) is 0.772. The normalized spacial score (nSPS) is 14.3. The first-order valence-electron chi connectivity index (χ1n) is 6.75. The molecule has 1 fully saturated rings. The summed E-state index contributed by atoms with van der Waals surface area (Å²) in [4.78, 5) is 14.2. The maximum atomic E-state index is 13.4. The van der Waals surface area contributed by atoms with Crippen LogP contribution < -0.4 is 5.32 Å². The highest BCUT2D eigenvalue weighted by Crippen LogP contribution is 2.26. The Bertz CT molecular complexity index is 667. The number of nitrogens with zero attached hydrogens (tertiary/aromatic N) is 2. The van der Waals surface area contributed by atoms with Crippen LogP contribution in [0.4, 0.5) is 10.1 Å². The van der Waals surface area contributed by atoms with Gasteiger partial charge in [-0.05, 0) is 18.9 Å². The van der Waals surface area contributed by atoms with Gasteiger partial charge in [-0.3, -0.25) is 10.1 Å². The number of aromatic nitrogens is 1. The van der Waals surface area contributed by atoms with E-state index >= 15 is 0 Å². The van der Waals surface area contributed by atoms with Crippen LogP contribution in [0.15, 0.2) is 28.8 Å². The maximum Gasteiger partial charge on any atom is 0.273 e. The second kappa shape index (κ2) is 5.61. The van der Waals surface area contributed by atoms with E-state index in [1.54, 1.807) is 0 Å². The molecule has 0 radical (unpaired) electrons. The predicted octanol–water partition coefficient (Wildman–Crippen LogP) is 2.68. The van der Waals surface area contributed by atoms with Gasteiger partial charge in [0.05, 0.1) is 17.2 Å². The van der Waals surface area contributed by atoms with Crippen LogP contribution in [0.5, 0.6) is 0 Å². The van der Waals surface area contributed by atoms with E-state index < -0.39 is 10.7 Å². The van der Waals surface area contributed by atoms with Crippen molar-refractivity contribution in [3.8, 4) is 11.3 Å². The molecular formula is C14H14FN3O3. The monoisotopic (exact) mass is 291 g/mol. The molecule has 0 unspecified atom stereocenters. The van der Waals surface area contributed by atoms with Crippen LogP contribution in [-0.2, 0) is 6.42 Å². The van der Waals surface area contributed by atoms with Crippen LogP contribution in [0.1, 0.15) is 18.7 Å². The number of oxazole rings is 1. The van der Waals surface area contributed by atoms with Gasteiger partial charge in [-0.2, -0.15) is 0 Å². The molecule has 0 atom stereocenters. The summed E-state index contributed by atoms with van der Waals surface area (Å²) in [6.07, 6.45) is 4.52. The molecule has 0 bridgehead atoms. The zero-order valence-electron chi connectivity index (χ0n) is 11.2. The van der Waals surface area contributed by atoms with Crippen molar-refractivity contribution in [3.63, 3.8) is 0 Å². The van der Waals surface area contributed by atoms with Gasteiger partial charge in [-0.25, -0.2) is 9.37 Å². The standard InChI is InChI=1S/C14H14FN3O3/c15-10-5-9(6-12(7-10)18(19)20)13-8-17-14(21-13)3-4-16-11-1-2-11/h5-8,11,16H,1-4H2. The maximum absolute atomic E-state index is 13.4. The van der Waals surface area contributed by atoms with Gasteiger partial charge in [0.1, 0.15) is 5.82 Å². The lowest BCUT2D eigenvalue weighted by molar-refractivity contribution is -0.385. The highest BCUT2D eigenvalue weighted by Gasteiger charge is 2.20. The summed E-state index contributed by atoms with van der Waals surface area (Å²) in [5.74, 6) is 0.191. The third-order valence-electron chi connectivity index (χ3n) is 3.28. The molecular weight excluding hydrogens is 277 g/mol. The van der Waals surface area contributed by atoms with Gasteiger partial charge in [0.15, 0.2) is 11.7 Å². The molecule has 1 aliphatic carbocycles. The molecule has 1 heterocycles. The molecule has 21 heavy (non-hydrogen) atoms. The van der Waals surface area contributed by atoms with Crippen LogP contribution in [0, 0.1) is 15.9 Å². The van der Waals surface area contributed by atoms with Crippen LogP contribution >= 0.6 is 0 Å². The zero-order valence-corrected chi connectivity index (χ0v) is 11.2. The van der Waals surface area contributed by atoms with E-state index in [0.29, 0.717) is 29.7 Å². The Balaban J connectivity index is 1.73. The molecule has 1 aromatic heterocycles. The molecule has 1 saturated carbocycles. The minimum Gasteiger partial charge on any atom is -0.441 e. The first kappa shape index (κ1) is 13.7. The summed E-state index contributed by atoms with van der Waals surface area (Å²) in [6, 6.07) is 3.96. The second-order valence-corrected chi connectivity index (χ2v) is 5.05. The Kier molecular flexibility index (Phi) is 3.66. The molecule has 0 amide bonds. The van der Waals surface area contributed by atoms with E-state index in [9.17, 15) is 14.5 Å². The van der Waals surface area contributed by atoms with Gasteiger partial charge >= 0.3 is 0 Å². The van der Waals surface area contributed by atoms with E-state index in [0.717, 1.165) is 12.6 Å². The smallest absolute Gasteiger partial charge is 0.273 e. The number of nitro benzene ring substituents is 1. The van der Waals surface area contributed by atoms with Gasteiger partial charge in [-0.1, -0.05) is 0 Å². The number of hydrogen-bond acceptors (Lipinski definition) is 5. The summed E-state index contributed by atoms with van der Waals surface area (Å²) in [7, 11) is 0. The van der Waals surface area contributed by atoms with Crippen molar-refractivity contribution in [2.24, 2.45) is 0 Å². The number of benzene rings is 1. The Hall–Kier alpha value is -2.28. The Labute approximate surface area is 120 Å². The summed E-state index contributed by atoms with van der Waals surface area (Å²) in [5.41, 5.74) is 0.00829. The van der Waals surface area contributed by atoms with Crippen molar-refractivity contribution in [2.75, 3.05) is 6.54 Å². The minimum atomic E-state index is -0.674. The van der Waals surface area contributed by atoms with E-state index in [1.165, 1.54) is 31.2 Å². The molecule has 2 aromatic rings. The fourth-order valence-corrected chi connectivity index (χ4v) is 2.05. The quantitative estimate of drug-likeness (QED) is 0.653. The average molecular weight is 291 g/mol. The number of halogens is 1. The van der Waals surface area contributed by atoms with Crippen molar-refractivity contribution in [3.05, 3.63) is 46.2 Å². The van der Waals surface area contributed by atoms with Crippen LogP contribution in [0.2, 0.25) is 0 Å². The summed E-state index contributed by atoms with van der Waals surface area (Å²) >= 11 is 0. The molecule has 0 spiro atoms. The summed E-state index contributed by atoms with van der Waals surface area (Å²) in [5, 5.41) is 14.1. The van der Waals surface area contributed by atoms with Gasteiger partial charge in [0.2, 0.25) is 0 Å². The van der Waals surface area contributed by atoms with Crippen LogP contribution in [-0.4, -0.2) is 22.5 Å². The number of nitrogens with one attached hydrogen (secondary N) is 1. The molecule has 110 valence electrons. The van der Waals surface area contributed by atoms with E-state index in [-0.39, 0.29) is 5.69 Å². The fourth-order valence-electron chi connectivity index (χ4n) is 2.05. The van der Waals surface area contributed by atoms with Crippen molar-refractivity contribution in [1.82, 2.24) is 10.3 Å². The Morgan fingerprint density at radius 1 is 1.43 bits per heavy atom. The van der Waals surface area contributed by atoms with Gasteiger partial charge in [-0.15, -0.1) is 0 Å². The Morgan fingerprint density at radius 3 is 2.95 bits per heavy atom. The molecule has 1 aliphatic rings. The van der Waals surface area contributed by atoms with Crippen molar-refractivity contribution < 1.29 is 13.7 Å². The first-order chi connectivity index (χ1) is 10.1. The SMILES string of the molecule is O=[N+]([O-])c1cc(F)cc(-c2cnc(CCNC3CC3)o2)c1. The van der Waals surface area contributed by atoms with Crippen molar-refractivity contribution >= 4 is 5.69 Å². The molecule has 0 aliphatic heterocycles. The largest absolute Gasteiger partial charge is 0.441 e. The predicted molar refractivity (Wildman–Crippen MR) is 73.3 cm³/mol. The van der Waals surface area contributed by atoms with E-state index in [2.05, 4.69) is 10.3 Å². The van der Waals surface area contributed by atoms with Crippen molar-refractivity contribution in [1.29, 1.82) is 0 Å². The second-order valence-electron chi connectivity index (χ2n) is 5.05. The lowest BCUT2D eigenvalue weighted by Gasteiger charge is -1.99. The van der Waals surface area contributed by atoms with Crippen molar-refractivity contribution in [2.45, 2.75) is 25.3 Å². The van der Waals surface area contributed by atoms with Gasteiger partial charge in [0.25, 0.3) is 5.69 Å². The number of rotatable bonds is 6. The van der Waals surface area contributed by atoms with E-state index in [4.69, 9.17) is 4.42 Å². The molecule has 3 rings (SSSR count). The molecule has 7 heteroatoms. The molecule has 0 saturated heterocycles. The third-order valence-corrected chi connectivity index (χ3v) is 3.28. The lowest BCUT2D eigenvalue weighted by Crippen LogP contribution is -2.19. The Morgan fingerprint density at radius 2 is 2.24 bits per heavy atom. The number of hydrogen-bond donors (Lipinski definition) is 1. The fraction of sp³-hybridized carbons (Fsp3) is 0.357.